The average Bonchev–Trinajstić information content (AvgIpc) is 2.85. The van der Waals surface area contributed by atoms with Gasteiger partial charge >= 0.3 is 0 Å². The molecule has 0 radical (unpaired) electrons. The molecule has 0 unspecified atom stereocenters. The number of nitrogens with one attached hydrogen (secondary N) is 1. The Kier molecular flexibility index (Phi) is 7.06. The van der Waals surface area contributed by atoms with Crippen LogP contribution in [0.3, 0.4) is 0 Å². The summed E-state index contributed by atoms with van der Waals surface area (Å²) in [5.74, 6) is 0.491. The van der Waals surface area contributed by atoms with Gasteiger partial charge in [0.1, 0.15) is 0 Å². The molecular weight excluding hydrogens is 286 g/mol. The predicted molar refractivity (Wildman–Crippen MR) is 95.6 cm³/mol. The number of hydrogen-bond donors (Lipinski definition) is 1. The minimum Gasteiger partial charge on any atom is -0.354 e. The van der Waals surface area contributed by atoms with Gasteiger partial charge < -0.3 is 10.2 Å². The highest BCUT2D eigenvalue weighted by Gasteiger charge is 2.23. The molecule has 4 heteroatoms. The molecular formula is C19H31N3O. The zero-order chi connectivity index (χ0) is 16.7. The number of benzene rings is 1. The summed E-state index contributed by atoms with van der Waals surface area (Å²) >= 11 is 0. The molecule has 128 valence electrons. The summed E-state index contributed by atoms with van der Waals surface area (Å²) in [5.41, 5.74) is 1.27. The molecule has 1 heterocycles. The van der Waals surface area contributed by atoms with Crippen LogP contribution in [0.2, 0.25) is 0 Å². The number of carbonyl (C=O) groups excluding carboxylic acids is 1. The lowest BCUT2D eigenvalue weighted by atomic mass is 10.0. The van der Waals surface area contributed by atoms with Gasteiger partial charge in [0.25, 0.3) is 0 Å². The van der Waals surface area contributed by atoms with E-state index in [1.54, 1.807) is 0 Å². The third-order valence-electron chi connectivity index (χ3n) is 4.95. The Morgan fingerprint density at radius 2 is 1.87 bits per heavy atom. The minimum atomic E-state index is -0.0465. The van der Waals surface area contributed by atoms with Crippen molar-refractivity contribution in [1.82, 2.24) is 15.1 Å². The number of hydrogen-bond acceptors (Lipinski definition) is 3. The monoisotopic (exact) mass is 317 g/mol. The van der Waals surface area contributed by atoms with Crippen LogP contribution in [-0.2, 0) is 4.79 Å². The number of amides is 1. The van der Waals surface area contributed by atoms with E-state index in [0.29, 0.717) is 12.5 Å². The first-order chi connectivity index (χ1) is 11.1. The Balaban J connectivity index is 1.80. The Morgan fingerprint density at radius 1 is 1.13 bits per heavy atom. The molecule has 0 bridgehead atoms. The van der Waals surface area contributed by atoms with E-state index < -0.39 is 0 Å². The topological polar surface area (TPSA) is 35.6 Å². The largest absolute Gasteiger partial charge is 0.354 e. The van der Waals surface area contributed by atoms with Crippen LogP contribution in [0.5, 0.6) is 0 Å². The summed E-state index contributed by atoms with van der Waals surface area (Å²) in [6.45, 7) is 12.4. The highest BCUT2D eigenvalue weighted by molar-refractivity contribution is 5.81. The molecule has 2 rings (SSSR count). The van der Waals surface area contributed by atoms with E-state index in [2.05, 4.69) is 41.1 Å². The highest BCUT2D eigenvalue weighted by atomic mass is 16.2. The summed E-state index contributed by atoms with van der Waals surface area (Å²) < 4.78 is 0. The predicted octanol–water partition coefficient (Wildman–Crippen LogP) is 2.32. The second-order valence-corrected chi connectivity index (χ2v) is 6.56. The Bertz CT molecular complexity index is 477. The molecule has 1 aliphatic heterocycles. The maximum atomic E-state index is 12.5. The standard InChI is InChI=1S/C19H31N3O/c1-4-21-11-8-12-22(14-13-21)17(3)19(23)20-15-16(2)18-9-6-5-7-10-18/h5-7,9-10,16-17H,4,8,11-15H2,1-3H3,(H,20,23)/t16-,17+/m0/s1. The lowest BCUT2D eigenvalue weighted by Gasteiger charge is -2.27. The van der Waals surface area contributed by atoms with Crippen molar-refractivity contribution in [2.75, 3.05) is 39.3 Å². The van der Waals surface area contributed by atoms with Gasteiger partial charge in [-0.2, -0.15) is 0 Å². The normalized spacial score (nSPS) is 19.8. The summed E-state index contributed by atoms with van der Waals surface area (Å²) in [6, 6.07) is 10.3. The lowest BCUT2D eigenvalue weighted by Crippen LogP contribution is -2.47. The van der Waals surface area contributed by atoms with Crippen molar-refractivity contribution in [3.8, 4) is 0 Å². The summed E-state index contributed by atoms with van der Waals surface area (Å²) in [7, 11) is 0. The molecule has 23 heavy (non-hydrogen) atoms. The van der Waals surface area contributed by atoms with Crippen molar-refractivity contribution >= 4 is 5.91 Å². The van der Waals surface area contributed by atoms with Crippen LogP contribution in [0.4, 0.5) is 0 Å². The molecule has 2 atom stereocenters. The minimum absolute atomic E-state index is 0.0465. The molecule has 1 aliphatic rings. The molecule has 0 spiro atoms. The van der Waals surface area contributed by atoms with Crippen LogP contribution in [-0.4, -0.2) is 61.0 Å². The third-order valence-corrected chi connectivity index (χ3v) is 4.95. The SMILES string of the molecule is CCN1CCCN([C@H](C)C(=O)NC[C@H](C)c2ccccc2)CC1. The highest BCUT2D eigenvalue weighted by Crippen LogP contribution is 2.13. The Labute approximate surface area is 140 Å². The fourth-order valence-electron chi connectivity index (χ4n) is 3.16. The third kappa shape index (κ3) is 5.33. The van der Waals surface area contributed by atoms with Crippen molar-refractivity contribution in [2.24, 2.45) is 0 Å². The van der Waals surface area contributed by atoms with Gasteiger partial charge in [-0.25, -0.2) is 0 Å². The van der Waals surface area contributed by atoms with E-state index in [4.69, 9.17) is 0 Å². The molecule has 1 saturated heterocycles. The number of nitrogens with zero attached hydrogens (tertiary/aromatic N) is 2. The van der Waals surface area contributed by atoms with Crippen molar-refractivity contribution < 1.29 is 4.79 Å². The van der Waals surface area contributed by atoms with Gasteiger partial charge in [0.2, 0.25) is 5.91 Å². The molecule has 1 N–H and O–H groups in total. The molecule has 1 fully saturated rings. The van der Waals surface area contributed by atoms with E-state index in [-0.39, 0.29) is 11.9 Å². The first-order valence-electron chi connectivity index (χ1n) is 8.91. The summed E-state index contributed by atoms with van der Waals surface area (Å²) in [4.78, 5) is 17.3. The van der Waals surface area contributed by atoms with Crippen molar-refractivity contribution in [3.05, 3.63) is 35.9 Å². The fraction of sp³-hybridized carbons (Fsp3) is 0.632. The zero-order valence-electron chi connectivity index (χ0n) is 14.8. The van der Waals surface area contributed by atoms with Crippen LogP contribution < -0.4 is 5.32 Å². The van der Waals surface area contributed by atoms with E-state index in [0.717, 1.165) is 39.1 Å². The van der Waals surface area contributed by atoms with Gasteiger partial charge in [-0.05, 0) is 37.9 Å². The van der Waals surface area contributed by atoms with Gasteiger partial charge in [-0.1, -0.05) is 44.2 Å². The lowest BCUT2D eigenvalue weighted by molar-refractivity contribution is -0.125. The van der Waals surface area contributed by atoms with Crippen LogP contribution >= 0.6 is 0 Å². The number of likely N-dealkylation sites (N-methyl/N-ethyl adjacent to an activating group) is 1. The van der Waals surface area contributed by atoms with Crippen molar-refractivity contribution in [3.63, 3.8) is 0 Å². The van der Waals surface area contributed by atoms with Crippen LogP contribution in [0.15, 0.2) is 30.3 Å². The quantitative estimate of drug-likeness (QED) is 0.875. The zero-order valence-corrected chi connectivity index (χ0v) is 14.8. The first kappa shape index (κ1) is 18.0. The van der Waals surface area contributed by atoms with Gasteiger partial charge in [0, 0.05) is 26.2 Å². The molecule has 1 aromatic rings. The maximum Gasteiger partial charge on any atom is 0.237 e. The average molecular weight is 317 g/mol. The summed E-state index contributed by atoms with van der Waals surface area (Å²) in [6.07, 6.45) is 1.14. The molecule has 1 aromatic carbocycles. The van der Waals surface area contributed by atoms with E-state index in [1.165, 1.54) is 5.56 Å². The Hall–Kier alpha value is -1.39. The second kappa shape index (κ2) is 9.04. The molecule has 0 aromatic heterocycles. The van der Waals surface area contributed by atoms with Gasteiger partial charge in [0.15, 0.2) is 0 Å². The number of carbonyl (C=O) groups is 1. The van der Waals surface area contributed by atoms with Gasteiger partial charge in [0.05, 0.1) is 6.04 Å². The van der Waals surface area contributed by atoms with E-state index in [1.807, 2.05) is 25.1 Å². The second-order valence-electron chi connectivity index (χ2n) is 6.56. The van der Waals surface area contributed by atoms with Crippen molar-refractivity contribution in [1.29, 1.82) is 0 Å². The maximum absolute atomic E-state index is 12.5. The van der Waals surface area contributed by atoms with E-state index in [9.17, 15) is 4.79 Å². The van der Waals surface area contributed by atoms with Crippen molar-refractivity contribution in [2.45, 2.75) is 39.2 Å². The molecule has 0 aliphatic carbocycles. The fourth-order valence-corrected chi connectivity index (χ4v) is 3.16. The molecule has 0 saturated carbocycles. The first-order valence-corrected chi connectivity index (χ1v) is 8.91. The van der Waals surface area contributed by atoms with Crippen LogP contribution in [0, 0.1) is 0 Å². The van der Waals surface area contributed by atoms with Crippen LogP contribution in [0.1, 0.15) is 38.7 Å². The van der Waals surface area contributed by atoms with Crippen LogP contribution in [0.25, 0.3) is 0 Å². The van der Waals surface area contributed by atoms with Gasteiger partial charge in [-0.15, -0.1) is 0 Å². The molecule has 1 amide bonds. The van der Waals surface area contributed by atoms with E-state index >= 15 is 0 Å². The number of rotatable bonds is 6. The summed E-state index contributed by atoms with van der Waals surface area (Å²) in [5, 5.41) is 3.13. The smallest absolute Gasteiger partial charge is 0.237 e. The Morgan fingerprint density at radius 3 is 2.57 bits per heavy atom. The van der Waals surface area contributed by atoms with Gasteiger partial charge in [-0.3, -0.25) is 9.69 Å². The molecule has 4 nitrogen and oxygen atoms in total.